The Hall–Kier alpha value is -0.670. The van der Waals surface area contributed by atoms with Gasteiger partial charge in [-0.2, -0.15) is 0 Å². The average molecular weight is 260 g/mol. The molecule has 0 amide bonds. The highest BCUT2D eigenvalue weighted by Gasteiger charge is 2.08. The zero-order chi connectivity index (χ0) is 9.42. The van der Waals surface area contributed by atoms with Crippen LogP contribution in [0.5, 0.6) is 0 Å². The molecule has 0 bridgehead atoms. The summed E-state index contributed by atoms with van der Waals surface area (Å²) in [5.41, 5.74) is 0.681. The first kappa shape index (κ1) is 8.91. The maximum absolute atomic E-state index is 13.0. The van der Waals surface area contributed by atoms with Gasteiger partial charge in [0.05, 0.1) is 10.5 Å². The molecule has 0 aliphatic carbocycles. The molecule has 0 spiro atoms. The summed E-state index contributed by atoms with van der Waals surface area (Å²) in [4.78, 5) is 4.06. The van der Waals surface area contributed by atoms with E-state index in [9.17, 15) is 4.39 Å². The van der Waals surface area contributed by atoms with Gasteiger partial charge in [0, 0.05) is 16.1 Å². The Bertz CT molecular complexity index is 472. The number of hydrogen-bond donors (Lipinski definition) is 0. The number of hydrogen-bond acceptors (Lipinski definition) is 1. The summed E-state index contributed by atoms with van der Waals surface area (Å²) in [7, 11) is 0. The Balaban J connectivity index is 2.97. The Kier molecular flexibility index (Phi) is 2.22. The van der Waals surface area contributed by atoms with Crippen LogP contribution in [-0.4, -0.2) is 4.98 Å². The second-order valence-corrected chi connectivity index (χ2v) is 3.78. The highest BCUT2D eigenvalue weighted by Crippen LogP contribution is 2.30. The van der Waals surface area contributed by atoms with E-state index in [1.807, 2.05) is 0 Å². The molecular weight excluding hydrogens is 256 g/mol. The Morgan fingerprint density at radius 1 is 1.31 bits per heavy atom. The van der Waals surface area contributed by atoms with Crippen molar-refractivity contribution in [3.63, 3.8) is 0 Å². The fraction of sp³-hybridized carbons (Fsp3) is 0. The molecule has 2 aromatic rings. The van der Waals surface area contributed by atoms with Crippen LogP contribution in [0.25, 0.3) is 10.9 Å². The van der Waals surface area contributed by atoms with Gasteiger partial charge in [-0.15, -0.1) is 0 Å². The van der Waals surface area contributed by atoms with Crippen molar-refractivity contribution in [2.75, 3.05) is 0 Å². The molecule has 0 aliphatic heterocycles. The van der Waals surface area contributed by atoms with Crippen LogP contribution in [-0.2, 0) is 0 Å². The maximum Gasteiger partial charge on any atom is 0.142 e. The van der Waals surface area contributed by atoms with Gasteiger partial charge in [-0.3, -0.25) is 4.98 Å². The zero-order valence-electron chi connectivity index (χ0n) is 6.39. The topological polar surface area (TPSA) is 12.9 Å². The highest BCUT2D eigenvalue weighted by atomic mass is 79.9. The van der Waals surface area contributed by atoms with E-state index in [-0.39, 0.29) is 5.02 Å². The van der Waals surface area contributed by atoms with Crippen LogP contribution in [0.15, 0.2) is 28.9 Å². The average Bonchev–Trinajstić information content (AvgIpc) is 2.12. The van der Waals surface area contributed by atoms with Gasteiger partial charge in [0.15, 0.2) is 0 Å². The Labute approximate surface area is 87.7 Å². The molecule has 66 valence electrons. The molecule has 0 unspecified atom stereocenters. The molecule has 0 atom stereocenters. The van der Waals surface area contributed by atoms with Gasteiger partial charge < -0.3 is 0 Å². The van der Waals surface area contributed by atoms with E-state index in [4.69, 9.17) is 11.6 Å². The molecule has 0 radical (unpaired) electrons. The molecule has 1 heterocycles. The van der Waals surface area contributed by atoms with Gasteiger partial charge in [0.2, 0.25) is 0 Å². The first-order valence-electron chi connectivity index (χ1n) is 3.58. The molecule has 1 aromatic heterocycles. The van der Waals surface area contributed by atoms with Gasteiger partial charge >= 0.3 is 0 Å². The van der Waals surface area contributed by atoms with Crippen LogP contribution in [0.2, 0.25) is 5.02 Å². The van der Waals surface area contributed by atoms with Crippen molar-refractivity contribution in [2.24, 2.45) is 0 Å². The molecule has 1 nitrogen and oxygen atoms in total. The molecule has 13 heavy (non-hydrogen) atoms. The summed E-state index contributed by atoms with van der Waals surface area (Å²) in [5.74, 6) is -0.428. The van der Waals surface area contributed by atoms with Gasteiger partial charge in [-0.1, -0.05) is 11.6 Å². The number of aromatic nitrogens is 1. The van der Waals surface area contributed by atoms with Crippen molar-refractivity contribution in [3.8, 4) is 0 Å². The van der Waals surface area contributed by atoms with E-state index >= 15 is 0 Å². The van der Waals surface area contributed by atoms with Gasteiger partial charge in [-0.25, -0.2) is 4.39 Å². The lowest BCUT2D eigenvalue weighted by molar-refractivity contribution is 0.630. The lowest BCUT2D eigenvalue weighted by Gasteiger charge is -2.02. The Morgan fingerprint density at radius 3 is 2.85 bits per heavy atom. The summed E-state index contributed by atoms with van der Waals surface area (Å²) in [6, 6.07) is 4.64. The summed E-state index contributed by atoms with van der Waals surface area (Å²) in [6.07, 6.45) is 1.64. The number of nitrogens with zero attached hydrogens (tertiary/aromatic N) is 1. The van der Waals surface area contributed by atoms with Crippen LogP contribution < -0.4 is 0 Å². The quantitative estimate of drug-likeness (QED) is 0.702. The number of benzene rings is 1. The molecular formula is C9H4BrClFN. The van der Waals surface area contributed by atoms with E-state index in [0.717, 1.165) is 4.47 Å². The number of halogens is 3. The molecule has 2 rings (SSSR count). The van der Waals surface area contributed by atoms with Gasteiger partial charge in [0.1, 0.15) is 5.82 Å². The van der Waals surface area contributed by atoms with Gasteiger partial charge in [0.25, 0.3) is 0 Å². The number of rotatable bonds is 0. The Morgan fingerprint density at radius 2 is 2.08 bits per heavy atom. The van der Waals surface area contributed by atoms with Crippen molar-refractivity contribution >= 4 is 38.4 Å². The highest BCUT2D eigenvalue weighted by molar-refractivity contribution is 9.10. The lowest BCUT2D eigenvalue weighted by Crippen LogP contribution is -1.84. The first-order chi connectivity index (χ1) is 6.20. The van der Waals surface area contributed by atoms with Gasteiger partial charge in [-0.05, 0) is 34.1 Å². The molecule has 0 N–H and O–H groups in total. The van der Waals surface area contributed by atoms with Crippen molar-refractivity contribution < 1.29 is 4.39 Å². The fourth-order valence-corrected chi connectivity index (χ4v) is 2.04. The summed E-state index contributed by atoms with van der Waals surface area (Å²) >= 11 is 9.08. The first-order valence-corrected chi connectivity index (χ1v) is 4.75. The predicted octanol–water partition coefficient (Wildman–Crippen LogP) is 3.79. The minimum absolute atomic E-state index is 0.109. The fourth-order valence-electron chi connectivity index (χ4n) is 1.14. The lowest BCUT2D eigenvalue weighted by atomic mass is 10.2. The largest absolute Gasteiger partial charge is 0.256 e. The third kappa shape index (κ3) is 1.42. The smallest absolute Gasteiger partial charge is 0.142 e. The third-order valence-electron chi connectivity index (χ3n) is 1.75. The van der Waals surface area contributed by atoms with Crippen LogP contribution in [0, 0.1) is 5.82 Å². The molecule has 4 heteroatoms. The minimum atomic E-state index is -0.428. The van der Waals surface area contributed by atoms with Crippen LogP contribution in [0.4, 0.5) is 4.39 Å². The SMILES string of the molecule is Fc1ccc2nccc(Br)c2c1Cl. The summed E-state index contributed by atoms with van der Waals surface area (Å²) in [6.45, 7) is 0. The van der Waals surface area contributed by atoms with E-state index in [0.29, 0.717) is 10.9 Å². The molecule has 0 saturated carbocycles. The maximum atomic E-state index is 13.0. The molecule has 0 aliphatic rings. The normalized spacial score (nSPS) is 10.7. The van der Waals surface area contributed by atoms with Crippen molar-refractivity contribution in [2.45, 2.75) is 0 Å². The standard InChI is InChI=1S/C9H4BrClFN/c10-5-3-4-13-7-2-1-6(12)9(11)8(5)7/h1-4H. The molecule has 1 aromatic carbocycles. The zero-order valence-corrected chi connectivity index (χ0v) is 8.73. The third-order valence-corrected chi connectivity index (χ3v) is 2.78. The monoisotopic (exact) mass is 259 g/mol. The van der Waals surface area contributed by atoms with Crippen molar-refractivity contribution in [1.82, 2.24) is 4.98 Å². The van der Waals surface area contributed by atoms with Crippen LogP contribution in [0.1, 0.15) is 0 Å². The summed E-state index contributed by atoms with van der Waals surface area (Å²) in [5, 5.41) is 0.724. The van der Waals surface area contributed by atoms with Crippen molar-refractivity contribution in [3.05, 3.63) is 39.7 Å². The van der Waals surface area contributed by atoms with Crippen molar-refractivity contribution in [1.29, 1.82) is 0 Å². The number of pyridine rings is 1. The second-order valence-electron chi connectivity index (χ2n) is 2.55. The van der Waals surface area contributed by atoms with Crippen LogP contribution in [0.3, 0.4) is 0 Å². The van der Waals surface area contributed by atoms with Crippen LogP contribution >= 0.6 is 27.5 Å². The minimum Gasteiger partial charge on any atom is -0.256 e. The van der Waals surface area contributed by atoms with E-state index in [1.165, 1.54) is 6.07 Å². The van der Waals surface area contributed by atoms with E-state index < -0.39 is 5.82 Å². The molecule has 0 fully saturated rings. The number of fused-ring (bicyclic) bond motifs is 1. The summed E-state index contributed by atoms with van der Waals surface area (Å²) < 4.78 is 13.8. The molecule has 0 saturated heterocycles. The second kappa shape index (κ2) is 3.24. The predicted molar refractivity (Wildman–Crippen MR) is 54.4 cm³/mol. The van der Waals surface area contributed by atoms with E-state index in [1.54, 1.807) is 18.3 Å². The van der Waals surface area contributed by atoms with E-state index in [2.05, 4.69) is 20.9 Å².